The van der Waals surface area contributed by atoms with E-state index in [1.165, 1.54) is 57.8 Å². The summed E-state index contributed by atoms with van der Waals surface area (Å²) in [5.41, 5.74) is 0. The van der Waals surface area contributed by atoms with Gasteiger partial charge in [0.25, 0.3) is 0 Å². The van der Waals surface area contributed by atoms with Gasteiger partial charge in [0, 0.05) is 0 Å². The third kappa shape index (κ3) is 6.62. The normalized spacial score (nSPS) is 26.5. The maximum Gasteiger partial charge on any atom is -0.0351 e. The Morgan fingerprint density at radius 3 is 1.08 bits per heavy atom. The topological polar surface area (TPSA) is 0 Å². The van der Waals surface area contributed by atoms with Crippen molar-refractivity contribution in [2.24, 2.45) is 0 Å². The molecule has 0 radical (unpaired) electrons. The Kier molecular flexibility index (Phi) is 6.58. The van der Waals surface area contributed by atoms with Crippen LogP contribution in [0.1, 0.15) is 57.8 Å². The highest BCUT2D eigenvalue weighted by Crippen LogP contribution is 2.08. The molecule has 0 heteroatoms. The number of allylic oxidation sites excluding steroid dienone is 4. The SMILES string of the molecule is C1=C\CCCCC/C=C\CCCC/1. The average Bonchev–Trinajstić information content (AvgIpc) is 2.18. The van der Waals surface area contributed by atoms with Crippen molar-refractivity contribution >= 4 is 0 Å². The molecule has 0 saturated carbocycles. The summed E-state index contributed by atoms with van der Waals surface area (Å²) in [6.07, 6.45) is 21.5. The summed E-state index contributed by atoms with van der Waals surface area (Å²) in [6, 6.07) is 0. The van der Waals surface area contributed by atoms with E-state index in [0.29, 0.717) is 0 Å². The minimum Gasteiger partial charge on any atom is -0.0885 e. The Morgan fingerprint density at radius 1 is 0.385 bits per heavy atom. The molecule has 0 aliphatic heterocycles. The summed E-state index contributed by atoms with van der Waals surface area (Å²) in [5.74, 6) is 0. The smallest absolute Gasteiger partial charge is 0.0351 e. The van der Waals surface area contributed by atoms with Gasteiger partial charge in [-0.1, -0.05) is 30.7 Å². The van der Waals surface area contributed by atoms with Gasteiger partial charge >= 0.3 is 0 Å². The van der Waals surface area contributed by atoms with Crippen LogP contribution in [0.4, 0.5) is 0 Å². The van der Waals surface area contributed by atoms with Gasteiger partial charge in [-0.3, -0.25) is 0 Å². The fraction of sp³-hybridized carbons (Fsp3) is 0.692. The largest absolute Gasteiger partial charge is 0.0885 e. The fourth-order valence-electron chi connectivity index (χ4n) is 1.70. The van der Waals surface area contributed by atoms with E-state index in [2.05, 4.69) is 24.3 Å². The molecule has 0 N–H and O–H groups in total. The van der Waals surface area contributed by atoms with Crippen LogP contribution in [0.25, 0.3) is 0 Å². The van der Waals surface area contributed by atoms with Gasteiger partial charge in [-0.2, -0.15) is 0 Å². The summed E-state index contributed by atoms with van der Waals surface area (Å²) in [7, 11) is 0. The van der Waals surface area contributed by atoms with Crippen molar-refractivity contribution in [3.8, 4) is 0 Å². The lowest BCUT2D eigenvalue weighted by molar-refractivity contribution is 0.695. The van der Waals surface area contributed by atoms with E-state index in [-0.39, 0.29) is 0 Å². The van der Waals surface area contributed by atoms with Crippen molar-refractivity contribution in [2.45, 2.75) is 57.8 Å². The second-order valence-electron chi connectivity index (χ2n) is 3.87. The first kappa shape index (κ1) is 10.6. The Labute approximate surface area is 82.7 Å². The van der Waals surface area contributed by atoms with E-state index < -0.39 is 0 Å². The van der Waals surface area contributed by atoms with Crippen molar-refractivity contribution in [2.75, 3.05) is 0 Å². The maximum atomic E-state index is 2.37. The molecule has 0 aromatic heterocycles. The van der Waals surface area contributed by atoms with Crippen molar-refractivity contribution < 1.29 is 0 Å². The van der Waals surface area contributed by atoms with Gasteiger partial charge in [-0.15, -0.1) is 0 Å². The molecule has 0 saturated heterocycles. The Balaban J connectivity index is 2.18. The van der Waals surface area contributed by atoms with E-state index in [1.807, 2.05) is 0 Å². The van der Waals surface area contributed by atoms with Gasteiger partial charge in [-0.05, 0) is 51.4 Å². The number of hydrogen-bond acceptors (Lipinski definition) is 0. The highest BCUT2D eigenvalue weighted by Gasteiger charge is 1.88. The molecule has 0 heterocycles. The zero-order chi connectivity index (χ0) is 9.19. The number of rotatable bonds is 0. The molecule has 0 atom stereocenters. The molecule has 0 aromatic carbocycles. The fourth-order valence-corrected chi connectivity index (χ4v) is 1.70. The standard InChI is InChI=1S/C13H22/c1-2-4-6-8-10-12-13-11-9-7-5-3-1/h1-2,11,13H,3-10,12H2/b2-1-,13-11-. The maximum absolute atomic E-state index is 2.37. The lowest BCUT2D eigenvalue weighted by atomic mass is 10.1. The van der Waals surface area contributed by atoms with Crippen LogP contribution in [0.3, 0.4) is 0 Å². The van der Waals surface area contributed by atoms with Crippen LogP contribution in [0.5, 0.6) is 0 Å². The molecule has 0 nitrogen and oxygen atoms in total. The van der Waals surface area contributed by atoms with Crippen LogP contribution < -0.4 is 0 Å². The van der Waals surface area contributed by atoms with Crippen LogP contribution in [0.15, 0.2) is 24.3 Å². The van der Waals surface area contributed by atoms with E-state index in [9.17, 15) is 0 Å². The Bertz CT molecular complexity index is 135. The lowest BCUT2D eigenvalue weighted by Crippen LogP contribution is -1.74. The molecule has 74 valence electrons. The van der Waals surface area contributed by atoms with Crippen LogP contribution >= 0.6 is 0 Å². The van der Waals surface area contributed by atoms with Crippen LogP contribution in [0, 0.1) is 0 Å². The van der Waals surface area contributed by atoms with Crippen molar-refractivity contribution in [1.82, 2.24) is 0 Å². The molecule has 0 unspecified atom stereocenters. The van der Waals surface area contributed by atoms with Crippen molar-refractivity contribution in [1.29, 1.82) is 0 Å². The monoisotopic (exact) mass is 178 g/mol. The summed E-state index contributed by atoms with van der Waals surface area (Å²) in [6.45, 7) is 0. The second kappa shape index (κ2) is 8.10. The van der Waals surface area contributed by atoms with Gasteiger partial charge in [0.15, 0.2) is 0 Å². The molecule has 0 spiro atoms. The predicted octanol–water partition coefficient (Wildman–Crippen LogP) is 4.62. The molecule has 1 rings (SSSR count). The molecular weight excluding hydrogens is 156 g/mol. The number of hydrogen-bond donors (Lipinski definition) is 0. The van der Waals surface area contributed by atoms with Gasteiger partial charge in [-0.25, -0.2) is 0 Å². The van der Waals surface area contributed by atoms with Crippen molar-refractivity contribution in [3.05, 3.63) is 24.3 Å². The quantitative estimate of drug-likeness (QED) is 0.475. The predicted molar refractivity (Wildman–Crippen MR) is 59.8 cm³/mol. The molecule has 1 aliphatic rings. The van der Waals surface area contributed by atoms with E-state index >= 15 is 0 Å². The van der Waals surface area contributed by atoms with E-state index in [4.69, 9.17) is 0 Å². The highest BCUT2D eigenvalue weighted by molar-refractivity contribution is 4.85. The zero-order valence-corrected chi connectivity index (χ0v) is 8.67. The molecule has 13 heavy (non-hydrogen) atoms. The molecular formula is C13H22. The average molecular weight is 178 g/mol. The molecule has 0 fully saturated rings. The van der Waals surface area contributed by atoms with E-state index in [0.717, 1.165) is 0 Å². The third-order valence-corrected chi connectivity index (χ3v) is 2.57. The third-order valence-electron chi connectivity index (χ3n) is 2.57. The Morgan fingerprint density at radius 2 is 0.692 bits per heavy atom. The minimum absolute atomic E-state index is 1.29. The van der Waals surface area contributed by atoms with Crippen LogP contribution in [0.2, 0.25) is 0 Å². The lowest BCUT2D eigenvalue weighted by Gasteiger charge is -1.94. The first-order valence-corrected chi connectivity index (χ1v) is 5.80. The van der Waals surface area contributed by atoms with Crippen molar-refractivity contribution in [3.63, 3.8) is 0 Å². The van der Waals surface area contributed by atoms with Gasteiger partial charge in [0.05, 0.1) is 0 Å². The molecule has 1 aliphatic carbocycles. The molecule has 0 amide bonds. The second-order valence-corrected chi connectivity index (χ2v) is 3.87. The van der Waals surface area contributed by atoms with Crippen LogP contribution in [-0.2, 0) is 0 Å². The van der Waals surface area contributed by atoms with Crippen LogP contribution in [-0.4, -0.2) is 0 Å². The Hall–Kier alpha value is -0.520. The molecule has 0 aromatic rings. The first-order chi connectivity index (χ1) is 6.50. The summed E-state index contributed by atoms with van der Waals surface area (Å²) in [5, 5.41) is 0. The first-order valence-electron chi connectivity index (χ1n) is 5.80. The van der Waals surface area contributed by atoms with E-state index in [1.54, 1.807) is 0 Å². The van der Waals surface area contributed by atoms with Gasteiger partial charge < -0.3 is 0 Å². The van der Waals surface area contributed by atoms with Gasteiger partial charge in [0.2, 0.25) is 0 Å². The minimum atomic E-state index is 1.29. The molecule has 0 bridgehead atoms. The van der Waals surface area contributed by atoms with Gasteiger partial charge in [0.1, 0.15) is 0 Å². The highest BCUT2D eigenvalue weighted by atomic mass is 13.9. The summed E-state index contributed by atoms with van der Waals surface area (Å²) in [4.78, 5) is 0. The summed E-state index contributed by atoms with van der Waals surface area (Å²) >= 11 is 0. The zero-order valence-electron chi connectivity index (χ0n) is 8.67. The summed E-state index contributed by atoms with van der Waals surface area (Å²) < 4.78 is 0.